The zero-order chi connectivity index (χ0) is 18.2. The van der Waals surface area contributed by atoms with E-state index in [4.69, 9.17) is 9.47 Å². The molecule has 0 saturated heterocycles. The van der Waals surface area contributed by atoms with Crippen molar-refractivity contribution in [2.24, 2.45) is 0 Å². The normalized spacial score (nSPS) is 10.8. The molecule has 0 aliphatic heterocycles. The van der Waals surface area contributed by atoms with E-state index in [1.807, 2.05) is 18.2 Å². The first-order valence-corrected chi connectivity index (χ1v) is 7.97. The van der Waals surface area contributed by atoms with Gasteiger partial charge in [-0.15, -0.1) is 0 Å². The molecule has 25 heavy (non-hydrogen) atoms. The van der Waals surface area contributed by atoms with Crippen LogP contribution in [0.2, 0.25) is 0 Å². The van der Waals surface area contributed by atoms with Crippen molar-refractivity contribution in [2.75, 3.05) is 14.2 Å². The zero-order valence-electron chi connectivity index (χ0n) is 14.4. The van der Waals surface area contributed by atoms with Gasteiger partial charge in [0, 0.05) is 6.42 Å². The molecular formula is C20H22O5. The highest BCUT2D eigenvalue weighted by Gasteiger charge is 2.05. The first-order valence-electron chi connectivity index (χ1n) is 7.97. The van der Waals surface area contributed by atoms with Crippen molar-refractivity contribution in [3.63, 3.8) is 0 Å². The highest BCUT2D eigenvalue weighted by molar-refractivity contribution is 5.93. The van der Waals surface area contributed by atoms with Crippen LogP contribution in [0.25, 0.3) is 6.08 Å². The summed E-state index contributed by atoms with van der Waals surface area (Å²) >= 11 is 0. The molecule has 5 heteroatoms. The van der Waals surface area contributed by atoms with E-state index in [0.717, 1.165) is 18.4 Å². The smallest absolute Gasteiger partial charge is 0.160 e. The Bertz CT molecular complexity index is 765. The maximum atomic E-state index is 11.9. The Labute approximate surface area is 147 Å². The Kier molecular flexibility index (Phi) is 6.46. The third kappa shape index (κ3) is 5.28. The van der Waals surface area contributed by atoms with Crippen molar-refractivity contribution in [3.8, 4) is 23.0 Å². The van der Waals surface area contributed by atoms with E-state index in [1.165, 1.54) is 18.2 Å². The molecule has 0 aliphatic carbocycles. The third-order valence-corrected chi connectivity index (χ3v) is 3.80. The summed E-state index contributed by atoms with van der Waals surface area (Å²) in [6.45, 7) is 0. The second-order valence-electron chi connectivity index (χ2n) is 5.59. The number of benzene rings is 2. The molecule has 2 N–H and O–H groups in total. The molecule has 0 saturated carbocycles. The number of aryl methyl sites for hydroxylation is 1. The maximum absolute atomic E-state index is 11.9. The van der Waals surface area contributed by atoms with Gasteiger partial charge in [0.05, 0.1) is 14.2 Å². The van der Waals surface area contributed by atoms with Crippen molar-refractivity contribution < 1.29 is 24.5 Å². The lowest BCUT2D eigenvalue weighted by atomic mass is 10.1. The minimum absolute atomic E-state index is 0.00745. The number of ketones is 1. The summed E-state index contributed by atoms with van der Waals surface area (Å²) in [5, 5.41) is 18.7. The van der Waals surface area contributed by atoms with Crippen molar-refractivity contribution in [1.29, 1.82) is 0 Å². The van der Waals surface area contributed by atoms with Gasteiger partial charge in [-0.05, 0) is 54.3 Å². The van der Waals surface area contributed by atoms with Gasteiger partial charge in [0.1, 0.15) is 0 Å². The first-order chi connectivity index (χ1) is 12.0. The predicted octanol–water partition coefficient (Wildman–Crippen LogP) is 3.72. The van der Waals surface area contributed by atoms with Crippen LogP contribution in [0, 0.1) is 0 Å². The molecule has 2 aromatic rings. The van der Waals surface area contributed by atoms with Crippen molar-refractivity contribution in [3.05, 3.63) is 53.6 Å². The number of aromatic hydroxyl groups is 2. The average Bonchev–Trinajstić information content (AvgIpc) is 2.62. The fourth-order valence-corrected chi connectivity index (χ4v) is 2.42. The molecule has 0 aliphatic rings. The number of methoxy groups -OCH3 is 2. The Morgan fingerprint density at radius 3 is 2.44 bits per heavy atom. The number of hydrogen-bond donors (Lipinski definition) is 2. The number of ether oxygens (including phenoxy) is 2. The molecule has 0 amide bonds. The molecule has 0 heterocycles. The van der Waals surface area contributed by atoms with Crippen molar-refractivity contribution in [2.45, 2.75) is 19.3 Å². The molecule has 0 atom stereocenters. The SMILES string of the molecule is COc1ccc(CCCC(=O)C=Cc2ccc(O)c(O)c2)cc1OC. The molecule has 0 fully saturated rings. The highest BCUT2D eigenvalue weighted by Crippen LogP contribution is 2.28. The van der Waals surface area contributed by atoms with E-state index in [2.05, 4.69) is 0 Å². The number of hydrogen-bond acceptors (Lipinski definition) is 5. The van der Waals surface area contributed by atoms with E-state index >= 15 is 0 Å². The molecule has 0 unspecified atom stereocenters. The number of carbonyl (C=O) groups excluding carboxylic acids is 1. The maximum Gasteiger partial charge on any atom is 0.160 e. The van der Waals surface area contributed by atoms with E-state index in [0.29, 0.717) is 23.5 Å². The second kappa shape index (κ2) is 8.78. The zero-order valence-corrected chi connectivity index (χ0v) is 14.4. The summed E-state index contributed by atoms with van der Waals surface area (Å²) in [4.78, 5) is 11.9. The number of carbonyl (C=O) groups is 1. The van der Waals surface area contributed by atoms with Gasteiger partial charge in [-0.3, -0.25) is 4.79 Å². The summed E-state index contributed by atoms with van der Waals surface area (Å²) < 4.78 is 10.5. The number of phenols is 2. The van der Waals surface area contributed by atoms with Crippen LogP contribution in [0.1, 0.15) is 24.0 Å². The lowest BCUT2D eigenvalue weighted by Crippen LogP contribution is -1.96. The molecule has 5 nitrogen and oxygen atoms in total. The minimum Gasteiger partial charge on any atom is -0.504 e. The minimum atomic E-state index is -0.206. The highest BCUT2D eigenvalue weighted by atomic mass is 16.5. The summed E-state index contributed by atoms with van der Waals surface area (Å²) in [6, 6.07) is 10.1. The molecule has 132 valence electrons. The van der Waals surface area contributed by atoms with Crippen LogP contribution in [0.4, 0.5) is 0 Å². The predicted molar refractivity (Wildman–Crippen MR) is 96.3 cm³/mol. The topological polar surface area (TPSA) is 76.0 Å². The van der Waals surface area contributed by atoms with Gasteiger partial charge >= 0.3 is 0 Å². The van der Waals surface area contributed by atoms with Crippen LogP contribution >= 0.6 is 0 Å². The van der Waals surface area contributed by atoms with E-state index < -0.39 is 0 Å². The van der Waals surface area contributed by atoms with Gasteiger partial charge < -0.3 is 19.7 Å². The average molecular weight is 342 g/mol. The Hall–Kier alpha value is -2.95. The molecule has 0 spiro atoms. The third-order valence-electron chi connectivity index (χ3n) is 3.80. The van der Waals surface area contributed by atoms with Crippen LogP contribution < -0.4 is 9.47 Å². The Morgan fingerprint density at radius 2 is 1.76 bits per heavy atom. The van der Waals surface area contributed by atoms with Gasteiger partial charge in [0.15, 0.2) is 28.8 Å². The molecule has 0 aromatic heterocycles. The lowest BCUT2D eigenvalue weighted by Gasteiger charge is -2.09. The molecule has 0 bridgehead atoms. The van der Waals surface area contributed by atoms with Crippen LogP contribution in [0.3, 0.4) is 0 Å². The van der Waals surface area contributed by atoms with Gasteiger partial charge in [-0.25, -0.2) is 0 Å². The van der Waals surface area contributed by atoms with Crippen molar-refractivity contribution >= 4 is 11.9 Å². The summed E-state index contributed by atoms with van der Waals surface area (Å²) in [5.74, 6) is 0.982. The molecule has 2 rings (SSSR count). The van der Waals surface area contributed by atoms with Crippen LogP contribution in [0.5, 0.6) is 23.0 Å². The van der Waals surface area contributed by atoms with Gasteiger partial charge in [-0.2, -0.15) is 0 Å². The van der Waals surface area contributed by atoms with Crippen LogP contribution in [-0.2, 0) is 11.2 Å². The fraction of sp³-hybridized carbons (Fsp3) is 0.250. The largest absolute Gasteiger partial charge is 0.504 e. The molecule has 0 radical (unpaired) electrons. The van der Waals surface area contributed by atoms with Crippen LogP contribution in [0.15, 0.2) is 42.5 Å². The van der Waals surface area contributed by atoms with Gasteiger partial charge in [0.2, 0.25) is 0 Å². The second-order valence-corrected chi connectivity index (χ2v) is 5.59. The fourth-order valence-electron chi connectivity index (χ4n) is 2.42. The molecule has 2 aromatic carbocycles. The van der Waals surface area contributed by atoms with Crippen LogP contribution in [-0.4, -0.2) is 30.2 Å². The van der Waals surface area contributed by atoms with E-state index in [-0.39, 0.29) is 17.3 Å². The summed E-state index contributed by atoms with van der Waals surface area (Å²) in [7, 11) is 3.19. The molecular weight excluding hydrogens is 320 g/mol. The number of allylic oxidation sites excluding steroid dienone is 1. The summed E-state index contributed by atoms with van der Waals surface area (Å²) in [6.07, 6.45) is 5.02. The van der Waals surface area contributed by atoms with E-state index in [9.17, 15) is 15.0 Å². The van der Waals surface area contributed by atoms with Crippen molar-refractivity contribution in [1.82, 2.24) is 0 Å². The quantitative estimate of drug-likeness (QED) is 0.565. The monoisotopic (exact) mass is 342 g/mol. The summed E-state index contributed by atoms with van der Waals surface area (Å²) in [5.41, 5.74) is 1.74. The number of rotatable bonds is 8. The Balaban J connectivity index is 1.86. The Morgan fingerprint density at radius 1 is 1.00 bits per heavy atom. The standard InChI is InChI=1S/C20H22O5/c1-24-19-11-8-14(13-20(19)25-2)4-3-5-16(21)9-6-15-7-10-17(22)18(23)12-15/h6-13,22-23H,3-5H2,1-2H3. The lowest BCUT2D eigenvalue weighted by molar-refractivity contribution is -0.114. The van der Waals surface area contributed by atoms with Gasteiger partial charge in [-0.1, -0.05) is 18.2 Å². The first kappa shape index (κ1) is 18.4. The van der Waals surface area contributed by atoms with Gasteiger partial charge in [0.25, 0.3) is 0 Å². The van der Waals surface area contributed by atoms with E-state index in [1.54, 1.807) is 26.4 Å². The number of phenolic OH excluding ortho intramolecular Hbond substituents is 2.